The number of carbonyl (C=O) groups is 1. The van der Waals surface area contributed by atoms with Crippen LogP contribution < -0.4 is 10.6 Å². The lowest BCUT2D eigenvalue weighted by molar-refractivity contribution is -0.123. The van der Waals surface area contributed by atoms with Gasteiger partial charge in [0.05, 0.1) is 6.04 Å². The van der Waals surface area contributed by atoms with Gasteiger partial charge in [-0.05, 0) is 34.9 Å². The van der Waals surface area contributed by atoms with Crippen molar-refractivity contribution in [1.29, 1.82) is 0 Å². The molecule has 0 fully saturated rings. The standard InChI is InChI=1S/C23H21FN2O2/c24-18-11-12-19-17(13-18)14-20(25-19)23(28)26-21(15-7-3-1-4-8-15)22(27)16-9-5-2-6-10-16/h1-13,20-22,25,27H,14H2,(H,26,28). The van der Waals surface area contributed by atoms with Crippen molar-refractivity contribution < 1.29 is 14.3 Å². The van der Waals surface area contributed by atoms with Crippen LogP contribution in [0.5, 0.6) is 0 Å². The zero-order valence-electron chi connectivity index (χ0n) is 15.2. The average Bonchev–Trinajstić information content (AvgIpc) is 3.16. The zero-order valence-corrected chi connectivity index (χ0v) is 15.2. The highest BCUT2D eigenvalue weighted by atomic mass is 19.1. The number of halogens is 1. The molecule has 3 unspecified atom stereocenters. The molecule has 0 bridgehead atoms. The lowest BCUT2D eigenvalue weighted by Gasteiger charge is -2.26. The number of amides is 1. The van der Waals surface area contributed by atoms with Gasteiger partial charge < -0.3 is 15.7 Å². The SMILES string of the molecule is O=C(NC(c1ccccc1)C(O)c1ccccc1)C1Cc2cc(F)ccc2N1. The van der Waals surface area contributed by atoms with Crippen LogP contribution in [0.1, 0.15) is 28.8 Å². The van der Waals surface area contributed by atoms with Crippen LogP contribution in [0.25, 0.3) is 0 Å². The fourth-order valence-corrected chi connectivity index (χ4v) is 3.59. The number of aliphatic hydroxyl groups excluding tert-OH is 1. The molecule has 0 radical (unpaired) electrons. The Balaban J connectivity index is 1.55. The normalized spacial score (nSPS) is 17.3. The summed E-state index contributed by atoms with van der Waals surface area (Å²) in [5, 5.41) is 17.1. The Kier molecular flexibility index (Phi) is 5.08. The molecule has 3 N–H and O–H groups in total. The molecule has 4 nitrogen and oxygen atoms in total. The van der Waals surface area contributed by atoms with Crippen molar-refractivity contribution in [2.24, 2.45) is 0 Å². The molecule has 0 spiro atoms. The van der Waals surface area contributed by atoms with Crippen LogP contribution >= 0.6 is 0 Å². The number of benzene rings is 3. The number of hydrogen-bond donors (Lipinski definition) is 3. The Labute approximate surface area is 163 Å². The number of fused-ring (bicyclic) bond motifs is 1. The molecule has 4 rings (SSSR count). The molecular weight excluding hydrogens is 355 g/mol. The highest BCUT2D eigenvalue weighted by molar-refractivity contribution is 5.87. The molecule has 3 aromatic carbocycles. The van der Waals surface area contributed by atoms with Crippen molar-refractivity contribution in [1.82, 2.24) is 5.32 Å². The van der Waals surface area contributed by atoms with Crippen molar-refractivity contribution in [3.05, 3.63) is 101 Å². The monoisotopic (exact) mass is 376 g/mol. The molecular formula is C23H21FN2O2. The molecule has 3 atom stereocenters. The maximum atomic E-state index is 13.5. The zero-order chi connectivity index (χ0) is 19.5. The minimum atomic E-state index is -0.895. The molecule has 5 heteroatoms. The van der Waals surface area contributed by atoms with E-state index in [0.29, 0.717) is 6.42 Å². The van der Waals surface area contributed by atoms with E-state index in [1.54, 1.807) is 6.07 Å². The van der Waals surface area contributed by atoms with Crippen LogP contribution in [0.2, 0.25) is 0 Å². The molecule has 1 amide bonds. The van der Waals surface area contributed by atoms with E-state index >= 15 is 0 Å². The number of anilines is 1. The summed E-state index contributed by atoms with van der Waals surface area (Å²) in [5.41, 5.74) is 3.08. The number of hydrogen-bond acceptors (Lipinski definition) is 3. The van der Waals surface area contributed by atoms with Gasteiger partial charge >= 0.3 is 0 Å². The second-order valence-corrected chi connectivity index (χ2v) is 6.95. The van der Waals surface area contributed by atoms with Gasteiger partial charge in [0.2, 0.25) is 5.91 Å². The molecule has 28 heavy (non-hydrogen) atoms. The van der Waals surface area contributed by atoms with Crippen LogP contribution in [0.3, 0.4) is 0 Å². The van der Waals surface area contributed by atoms with Gasteiger partial charge in [-0.2, -0.15) is 0 Å². The Bertz CT molecular complexity index is 963. The van der Waals surface area contributed by atoms with Gasteiger partial charge in [0.1, 0.15) is 18.0 Å². The van der Waals surface area contributed by atoms with Gasteiger partial charge in [-0.25, -0.2) is 4.39 Å². The number of carbonyl (C=O) groups excluding carboxylic acids is 1. The molecule has 1 aliphatic heterocycles. The van der Waals surface area contributed by atoms with Crippen molar-refractivity contribution in [2.75, 3.05) is 5.32 Å². The highest BCUT2D eigenvalue weighted by Crippen LogP contribution is 2.31. The predicted molar refractivity (Wildman–Crippen MR) is 106 cm³/mol. The van der Waals surface area contributed by atoms with E-state index in [2.05, 4.69) is 10.6 Å². The topological polar surface area (TPSA) is 61.4 Å². The second-order valence-electron chi connectivity index (χ2n) is 6.95. The third-order valence-corrected chi connectivity index (χ3v) is 5.05. The summed E-state index contributed by atoms with van der Waals surface area (Å²) in [6.45, 7) is 0. The van der Waals surface area contributed by atoms with Crippen molar-refractivity contribution >= 4 is 11.6 Å². The van der Waals surface area contributed by atoms with E-state index in [9.17, 15) is 14.3 Å². The van der Waals surface area contributed by atoms with Crippen LogP contribution in [-0.4, -0.2) is 17.1 Å². The fourth-order valence-electron chi connectivity index (χ4n) is 3.59. The average molecular weight is 376 g/mol. The van der Waals surface area contributed by atoms with Crippen LogP contribution in [0.15, 0.2) is 78.9 Å². The van der Waals surface area contributed by atoms with E-state index in [1.165, 1.54) is 12.1 Å². The van der Waals surface area contributed by atoms with Gasteiger partial charge in [-0.1, -0.05) is 60.7 Å². The lowest BCUT2D eigenvalue weighted by Crippen LogP contribution is -2.42. The summed E-state index contributed by atoms with van der Waals surface area (Å²) < 4.78 is 13.5. The second kappa shape index (κ2) is 7.82. The minimum absolute atomic E-state index is 0.236. The smallest absolute Gasteiger partial charge is 0.243 e. The maximum Gasteiger partial charge on any atom is 0.243 e. The maximum absolute atomic E-state index is 13.5. The first kappa shape index (κ1) is 18.2. The van der Waals surface area contributed by atoms with Gasteiger partial charge in [0, 0.05) is 12.1 Å². The predicted octanol–water partition coefficient (Wildman–Crippen LogP) is 3.75. The van der Waals surface area contributed by atoms with Gasteiger partial charge in [-0.3, -0.25) is 4.79 Å². The van der Waals surface area contributed by atoms with Gasteiger partial charge in [0.25, 0.3) is 0 Å². The van der Waals surface area contributed by atoms with Crippen LogP contribution in [0, 0.1) is 5.82 Å². The quantitative estimate of drug-likeness (QED) is 0.636. The fraction of sp³-hybridized carbons (Fsp3) is 0.174. The van der Waals surface area contributed by atoms with Gasteiger partial charge in [-0.15, -0.1) is 0 Å². The first-order valence-electron chi connectivity index (χ1n) is 9.25. The molecule has 3 aromatic rings. The Morgan fingerprint density at radius 2 is 1.64 bits per heavy atom. The molecule has 0 saturated heterocycles. The molecule has 1 aliphatic rings. The number of nitrogens with one attached hydrogen (secondary N) is 2. The summed E-state index contributed by atoms with van der Waals surface area (Å²) in [4.78, 5) is 12.9. The van der Waals surface area contributed by atoms with Crippen molar-refractivity contribution in [3.8, 4) is 0 Å². The Morgan fingerprint density at radius 1 is 1.00 bits per heavy atom. The van der Waals surface area contributed by atoms with E-state index < -0.39 is 18.2 Å². The largest absolute Gasteiger partial charge is 0.386 e. The summed E-state index contributed by atoms with van der Waals surface area (Å²) >= 11 is 0. The highest BCUT2D eigenvalue weighted by Gasteiger charge is 2.31. The Hall–Kier alpha value is -3.18. The van der Waals surface area contributed by atoms with Crippen molar-refractivity contribution in [3.63, 3.8) is 0 Å². The lowest BCUT2D eigenvalue weighted by atomic mass is 9.95. The van der Waals surface area contributed by atoms with Gasteiger partial charge in [0.15, 0.2) is 0 Å². The summed E-state index contributed by atoms with van der Waals surface area (Å²) in [6.07, 6.45) is -0.490. The molecule has 0 aromatic heterocycles. The third kappa shape index (κ3) is 3.75. The summed E-state index contributed by atoms with van der Waals surface area (Å²) in [7, 11) is 0. The first-order chi connectivity index (χ1) is 13.6. The molecule has 0 aliphatic carbocycles. The number of rotatable bonds is 5. The minimum Gasteiger partial charge on any atom is -0.386 e. The number of aliphatic hydroxyl groups is 1. The molecule has 142 valence electrons. The van der Waals surface area contributed by atoms with E-state index in [-0.39, 0.29) is 11.7 Å². The van der Waals surface area contributed by atoms with Crippen LogP contribution in [0.4, 0.5) is 10.1 Å². The first-order valence-corrected chi connectivity index (χ1v) is 9.25. The summed E-state index contributed by atoms with van der Waals surface area (Å²) in [5.74, 6) is -0.552. The molecule has 1 heterocycles. The van der Waals surface area contributed by atoms with Crippen LogP contribution in [-0.2, 0) is 11.2 Å². The summed E-state index contributed by atoms with van der Waals surface area (Å²) in [6, 6.07) is 22.0. The third-order valence-electron chi connectivity index (χ3n) is 5.05. The Morgan fingerprint density at radius 3 is 2.32 bits per heavy atom. The molecule has 0 saturated carbocycles. The van der Waals surface area contributed by atoms with E-state index in [4.69, 9.17) is 0 Å². The van der Waals surface area contributed by atoms with E-state index in [0.717, 1.165) is 22.4 Å². The van der Waals surface area contributed by atoms with Crippen molar-refractivity contribution in [2.45, 2.75) is 24.6 Å². The van der Waals surface area contributed by atoms with E-state index in [1.807, 2.05) is 60.7 Å².